The Morgan fingerprint density at radius 3 is 2.53 bits per heavy atom. The summed E-state index contributed by atoms with van der Waals surface area (Å²) < 4.78 is 18.6. The number of rotatable bonds is 9. The van der Waals surface area contributed by atoms with E-state index in [2.05, 4.69) is 43.2 Å². The number of hydrogen-bond donors (Lipinski definition) is 3. The highest BCUT2D eigenvalue weighted by Gasteiger charge is 2.35. The van der Waals surface area contributed by atoms with E-state index in [-0.39, 0.29) is 5.82 Å². The summed E-state index contributed by atoms with van der Waals surface area (Å²) >= 11 is 0. The minimum atomic E-state index is -1.40. The number of halogens is 1. The van der Waals surface area contributed by atoms with Crippen molar-refractivity contribution in [1.29, 1.82) is 0 Å². The average molecular weight is 605 g/mol. The van der Waals surface area contributed by atoms with Gasteiger partial charge in [-0.05, 0) is 111 Å². The summed E-state index contributed by atoms with van der Waals surface area (Å²) in [5.41, 5.74) is 19.0. The van der Waals surface area contributed by atoms with Crippen LogP contribution in [-0.4, -0.2) is 71.2 Å². The van der Waals surface area contributed by atoms with Gasteiger partial charge in [0, 0.05) is 36.5 Å². The van der Waals surface area contributed by atoms with Crippen LogP contribution in [0.25, 0.3) is 11.3 Å². The van der Waals surface area contributed by atoms with E-state index in [4.69, 9.17) is 26.0 Å². The van der Waals surface area contributed by atoms with Crippen LogP contribution in [0, 0.1) is 18.7 Å². The summed E-state index contributed by atoms with van der Waals surface area (Å²) in [5, 5.41) is 4.66. The minimum absolute atomic E-state index is 0.218. The van der Waals surface area contributed by atoms with Gasteiger partial charge in [0.05, 0.1) is 18.5 Å². The molecule has 2 heterocycles. The molecule has 7 nitrogen and oxygen atoms in total. The quantitative estimate of drug-likeness (QED) is 0.147. The number of anilines is 1. The third-order valence-electron chi connectivity index (χ3n) is 7.76. The van der Waals surface area contributed by atoms with Crippen LogP contribution in [0.2, 0.25) is 0 Å². The van der Waals surface area contributed by atoms with Gasteiger partial charge >= 0.3 is 0 Å². The molecule has 229 valence electrons. The number of benzene rings is 2. The molecular formula is C33H45BFN5O2P. The van der Waals surface area contributed by atoms with Crippen LogP contribution >= 0.6 is 6.89 Å². The number of nitrogens with two attached hydrogens (primary N) is 2. The Bertz CT molecular complexity index is 1460. The van der Waals surface area contributed by atoms with Crippen molar-refractivity contribution in [1.82, 2.24) is 10.3 Å². The standard InChI is InChI=1S/C20H25BFN3P.C12H18N2O.CH2O/c1-24-12-26(2)11-21-19-18(26)9-17(16(10-23)13-3-4-13)25-20(19)14-5-7-15(22)8-6-14;1-4-5-14-8-10-6-9(2)7-11(15-3)12(10)13;1-2/h5-9,12-13,16,24H,3-4,10-11,23H2,1-2H3;6-8H,4-5,13H2,1-3H3;1H2. The molecule has 2 aromatic carbocycles. The molecule has 0 bridgehead atoms. The van der Waals surface area contributed by atoms with Crippen molar-refractivity contribution in [2.24, 2.45) is 16.6 Å². The Kier molecular flexibility index (Phi) is 12.7. The number of aliphatic imine (C=N–C) groups is 1. The number of methoxy groups -OCH3 is 1. The van der Waals surface area contributed by atoms with Gasteiger partial charge in [-0.25, -0.2) is 4.39 Å². The lowest BCUT2D eigenvalue weighted by molar-refractivity contribution is -0.0980. The summed E-state index contributed by atoms with van der Waals surface area (Å²) in [6, 6.07) is 14.0. The second kappa shape index (κ2) is 16.0. The molecule has 1 radical (unpaired) electrons. The van der Waals surface area contributed by atoms with Crippen LogP contribution in [0.5, 0.6) is 5.75 Å². The van der Waals surface area contributed by atoms with Crippen molar-refractivity contribution in [2.75, 3.05) is 45.7 Å². The molecule has 0 amide bonds. The number of hydrogen-bond acceptors (Lipinski definition) is 6. The van der Waals surface area contributed by atoms with E-state index in [0.29, 0.717) is 29.8 Å². The first-order valence-corrected chi connectivity index (χ1v) is 17.2. The lowest BCUT2D eigenvalue weighted by atomic mass is 9.71. The molecule has 0 saturated heterocycles. The monoisotopic (exact) mass is 604 g/mol. The van der Waals surface area contributed by atoms with E-state index in [1.54, 1.807) is 7.11 Å². The Labute approximate surface area is 256 Å². The van der Waals surface area contributed by atoms with Gasteiger partial charge in [-0.3, -0.25) is 15.3 Å². The fourth-order valence-electron chi connectivity index (χ4n) is 5.40. The molecule has 2 unspecified atom stereocenters. The summed E-state index contributed by atoms with van der Waals surface area (Å²) in [5.74, 6) is 3.75. The lowest BCUT2D eigenvalue weighted by Crippen LogP contribution is -2.30. The Morgan fingerprint density at radius 1 is 1.26 bits per heavy atom. The van der Waals surface area contributed by atoms with E-state index in [1.165, 1.54) is 35.7 Å². The first-order valence-electron chi connectivity index (χ1n) is 14.7. The first-order chi connectivity index (χ1) is 20.7. The van der Waals surface area contributed by atoms with Gasteiger partial charge < -0.3 is 21.0 Å². The SMILES string of the molecule is C=O.CCCN=Cc1cc(C)cc(OC)c1N.CNC=P1(C)C[B]c2c1cc(C(CN)C1CC1)nc2-c1ccc(F)cc1. The van der Waals surface area contributed by atoms with Gasteiger partial charge in [-0.1, -0.05) is 25.3 Å². The number of ether oxygens (including phenoxy) is 1. The van der Waals surface area contributed by atoms with E-state index < -0.39 is 6.89 Å². The molecule has 1 saturated carbocycles. The number of pyridine rings is 1. The number of nitrogen functional groups attached to an aromatic ring is 1. The predicted molar refractivity (Wildman–Crippen MR) is 184 cm³/mol. The number of fused-ring (bicyclic) bond motifs is 1. The third-order valence-corrected chi connectivity index (χ3v) is 11.0. The zero-order chi connectivity index (χ0) is 31.6. The van der Waals surface area contributed by atoms with Crippen molar-refractivity contribution in [3.05, 3.63) is 65.1 Å². The summed E-state index contributed by atoms with van der Waals surface area (Å²) in [4.78, 5) is 17.3. The lowest BCUT2D eigenvalue weighted by Gasteiger charge is -2.22. The summed E-state index contributed by atoms with van der Waals surface area (Å²) in [6.07, 6.45) is 5.34. The van der Waals surface area contributed by atoms with E-state index in [0.717, 1.165) is 47.1 Å². The zero-order valence-electron chi connectivity index (χ0n) is 26.1. The minimum Gasteiger partial charge on any atom is -0.495 e. The highest BCUT2D eigenvalue weighted by molar-refractivity contribution is 7.84. The molecule has 3 aromatic rings. The molecule has 1 aliphatic carbocycles. The molecule has 2 atom stereocenters. The van der Waals surface area contributed by atoms with Gasteiger partial charge in [0.15, 0.2) is 7.28 Å². The number of aryl methyl sites for hydroxylation is 1. The molecule has 0 spiro atoms. The predicted octanol–water partition coefficient (Wildman–Crippen LogP) is 4.12. The van der Waals surface area contributed by atoms with Crippen LogP contribution in [-0.2, 0) is 4.79 Å². The molecule has 43 heavy (non-hydrogen) atoms. The fourth-order valence-corrected chi connectivity index (χ4v) is 8.15. The summed E-state index contributed by atoms with van der Waals surface area (Å²) in [6.45, 7) is 8.53. The maximum absolute atomic E-state index is 13.4. The van der Waals surface area contributed by atoms with Gasteiger partial charge in [0.25, 0.3) is 0 Å². The van der Waals surface area contributed by atoms with Gasteiger partial charge in [-0.2, -0.15) is 0 Å². The largest absolute Gasteiger partial charge is 0.495 e. The highest BCUT2D eigenvalue weighted by Crippen LogP contribution is 2.46. The second-order valence-electron chi connectivity index (χ2n) is 11.1. The number of carbonyl (C=O) groups is 1. The fraction of sp³-hybridized carbons (Fsp3) is 0.394. The van der Waals surface area contributed by atoms with E-state index >= 15 is 0 Å². The Balaban J connectivity index is 0.000000255. The third kappa shape index (κ3) is 8.44. The number of nitrogens with one attached hydrogen (secondary N) is 1. The van der Waals surface area contributed by atoms with E-state index in [9.17, 15) is 4.39 Å². The Morgan fingerprint density at radius 2 is 1.95 bits per heavy atom. The molecule has 5 rings (SSSR count). The van der Waals surface area contributed by atoms with Crippen LogP contribution in [0.15, 0.2) is 47.5 Å². The van der Waals surface area contributed by atoms with Crippen LogP contribution in [0.4, 0.5) is 10.1 Å². The highest BCUT2D eigenvalue weighted by atomic mass is 31.2. The van der Waals surface area contributed by atoms with Gasteiger partial charge in [0.2, 0.25) is 0 Å². The van der Waals surface area contributed by atoms with Crippen molar-refractivity contribution >= 4 is 49.5 Å². The van der Waals surface area contributed by atoms with Crippen molar-refractivity contribution in [3.63, 3.8) is 0 Å². The molecule has 5 N–H and O–H groups in total. The first kappa shape index (κ1) is 34.2. The average Bonchev–Trinajstić information content (AvgIpc) is 3.80. The van der Waals surface area contributed by atoms with Crippen LogP contribution in [0.1, 0.15) is 48.9 Å². The van der Waals surface area contributed by atoms with Crippen molar-refractivity contribution in [3.8, 4) is 17.0 Å². The molecular weight excluding hydrogens is 559 g/mol. The van der Waals surface area contributed by atoms with Crippen molar-refractivity contribution < 1.29 is 13.9 Å². The Hall–Kier alpha value is -3.26. The molecule has 2 aliphatic rings. The van der Waals surface area contributed by atoms with Gasteiger partial charge in [0.1, 0.15) is 18.4 Å². The second-order valence-corrected chi connectivity index (χ2v) is 14.7. The molecule has 1 aliphatic heterocycles. The molecule has 10 heteroatoms. The topological polar surface area (TPSA) is 116 Å². The van der Waals surface area contributed by atoms with Gasteiger partial charge in [-0.15, -0.1) is 0 Å². The van der Waals surface area contributed by atoms with Crippen LogP contribution in [0.3, 0.4) is 0 Å². The smallest absolute Gasteiger partial charge is 0.160 e. The van der Waals surface area contributed by atoms with Crippen LogP contribution < -0.4 is 32.3 Å². The van der Waals surface area contributed by atoms with Crippen molar-refractivity contribution in [2.45, 2.75) is 39.0 Å². The normalized spacial score (nSPS) is 17.6. The maximum atomic E-state index is 13.4. The molecule has 1 fully saturated rings. The maximum Gasteiger partial charge on any atom is 0.160 e. The van der Waals surface area contributed by atoms with E-state index in [1.807, 2.05) is 51.2 Å². The number of aromatic nitrogens is 1. The zero-order valence-corrected chi connectivity index (χ0v) is 27.0. The summed E-state index contributed by atoms with van der Waals surface area (Å²) in [7, 11) is 5.90. The molecule has 1 aromatic heterocycles. The number of nitrogens with zero attached hydrogens (tertiary/aromatic N) is 2. The number of carbonyl (C=O) groups excluding carboxylic acids is 1.